The van der Waals surface area contributed by atoms with Crippen LogP contribution in [-0.2, 0) is 28.7 Å². The summed E-state index contributed by atoms with van der Waals surface area (Å²) >= 11 is 0. The lowest BCUT2D eigenvalue weighted by Gasteiger charge is -2.31. The van der Waals surface area contributed by atoms with E-state index in [-0.39, 0.29) is 42.2 Å². The molecule has 0 aromatic carbocycles. The van der Waals surface area contributed by atoms with E-state index in [9.17, 15) is 40.7 Å². The van der Waals surface area contributed by atoms with E-state index in [1.165, 1.54) is 23.5 Å². The Hall–Kier alpha value is -3.85. The minimum Gasteiger partial charge on any atom is -0.472 e. The number of halogens is 6. The summed E-state index contributed by atoms with van der Waals surface area (Å²) in [7, 11) is 0. The fourth-order valence-corrected chi connectivity index (χ4v) is 4.51. The van der Waals surface area contributed by atoms with Gasteiger partial charge in [0.1, 0.15) is 6.26 Å². The molecule has 2 aromatic rings. The number of nitrogens with one attached hydrogen (secondary N) is 1. The summed E-state index contributed by atoms with van der Waals surface area (Å²) in [6, 6.07) is 0.133. The van der Waals surface area contributed by atoms with Crippen molar-refractivity contribution in [2.75, 3.05) is 19.6 Å². The molecule has 1 fully saturated rings. The zero-order valence-electron chi connectivity index (χ0n) is 19.5. The molecule has 2 aromatic heterocycles. The fraction of sp³-hybridized carbons (Fsp3) is 0.500. The maximum absolute atomic E-state index is 13.7. The first-order valence-corrected chi connectivity index (χ1v) is 11.3. The molecule has 4 rings (SSSR count). The van der Waals surface area contributed by atoms with Gasteiger partial charge in [0.15, 0.2) is 11.5 Å². The molecule has 4 heterocycles. The van der Waals surface area contributed by atoms with Crippen LogP contribution in [0.5, 0.6) is 0 Å². The molecule has 2 atom stereocenters. The van der Waals surface area contributed by atoms with Crippen LogP contribution in [0, 0.1) is 5.92 Å². The molecule has 0 saturated carbocycles. The van der Waals surface area contributed by atoms with Gasteiger partial charge in [-0.15, -0.1) is 0 Å². The van der Waals surface area contributed by atoms with E-state index in [0.29, 0.717) is 0 Å². The molecule has 0 spiro atoms. The van der Waals surface area contributed by atoms with Crippen LogP contribution in [0.25, 0.3) is 11.4 Å². The van der Waals surface area contributed by atoms with E-state index in [1.807, 2.05) is 5.32 Å². The van der Waals surface area contributed by atoms with Crippen LogP contribution < -0.4 is 5.32 Å². The highest BCUT2D eigenvalue weighted by Gasteiger charge is 2.47. The molecule has 1 unspecified atom stereocenters. The van der Waals surface area contributed by atoms with Gasteiger partial charge >= 0.3 is 18.4 Å². The van der Waals surface area contributed by atoms with Crippen molar-refractivity contribution in [1.82, 2.24) is 25.1 Å². The van der Waals surface area contributed by atoms with Crippen molar-refractivity contribution >= 4 is 17.9 Å². The van der Waals surface area contributed by atoms with Gasteiger partial charge in [-0.3, -0.25) is 9.59 Å². The second-order valence-corrected chi connectivity index (χ2v) is 8.99. The van der Waals surface area contributed by atoms with Crippen molar-refractivity contribution in [2.24, 2.45) is 5.92 Å². The highest BCUT2D eigenvalue weighted by atomic mass is 19.4. The highest BCUT2D eigenvalue weighted by molar-refractivity contribution is 5.80. The molecule has 16 heteroatoms. The lowest BCUT2D eigenvalue weighted by molar-refractivity contribution is -0.171. The maximum atomic E-state index is 13.7. The highest BCUT2D eigenvalue weighted by Crippen LogP contribution is 2.36. The Labute approximate surface area is 210 Å². The minimum atomic E-state index is -4.79. The van der Waals surface area contributed by atoms with Gasteiger partial charge in [0, 0.05) is 38.0 Å². The number of likely N-dealkylation sites (tertiary alicyclic amines) is 1. The Morgan fingerprint density at radius 2 is 1.95 bits per heavy atom. The first-order chi connectivity index (χ1) is 17.7. The number of hydrogen-bond donors (Lipinski definition) is 2. The zero-order valence-corrected chi connectivity index (χ0v) is 19.5. The van der Waals surface area contributed by atoms with Crippen LogP contribution in [0.4, 0.5) is 31.1 Å². The lowest BCUT2D eigenvalue weighted by atomic mass is 10.0. The smallest absolute Gasteiger partial charge is 0.433 e. The number of furan rings is 1. The summed E-state index contributed by atoms with van der Waals surface area (Å²) in [5, 5.41) is 11.2. The van der Waals surface area contributed by atoms with Crippen molar-refractivity contribution in [3.63, 3.8) is 0 Å². The lowest BCUT2D eigenvalue weighted by Crippen LogP contribution is -2.48. The van der Waals surface area contributed by atoms with Gasteiger partial charge in [0.05, 0.1) is 36.0 Å². The largest absolute Gasteiger partial charge is 0.472 e. The molecule has 0 bridgehead atoms. The van der Waals surface area contributed by atoms with Gasteiger partial charge in [-0.05, 0) is 12.5 Å². The predicted octanol–water partition coefficient (Wildman–Crippen LogP) is 3.08. The second-order valence-electron chi connectivity index (χ2n) is 8.99. The van der Waals surface area contributed by atoms with Gasteiger partial charge in [-0.25, -0.2) is 14.8 Å². The number of carboxylic acid groups (broad SMARTS) is 1. The van der Waals surface area contributed by atoms with Crippen molar-refractivity contribution in [1.29, 1.82) is 0 Å². The molecule has 2 N–H and O–H groups in total. The van der Waals surface area contributed by atoms with Gasteiger partial charge in [-0.2, -0.15) is 26.3 Å². The Morgan fingerprint density at radius 3 is 2.53 bits per heavy atom. The van der Waals surface area contributed by atoms with Gasteiger partial charge in [-0.1, -0.05) is 0 Å². The summed E-state index contributed by atoms with van der Waals surface area (Å²) in [6.45, 7) is -1.62. The Bertz CT molecular complexity index is 1220. The molecule has 38 heavy (non-hydrogen) atoms. The number of carbonyl (C=O) groups excluding carboxylic acids is 2. The molecule has 3 amide bonds. The van der Waals surface area contributed by atoms with Gasteiger partial charge in [0.2, 0.25) is 11.8 Å². The third-order valence-electron chi connectivity index (χ3n) is 6.33. The molecule has 2 aliphatic rings. The quantitative estimate of drug-likeness (QED) is 0.530. The number of amides is 3. The average Bonchev–Trinajstić information content (AvgIpc) is 3.47. The van der Waals surface area contributed by atoms with Crippen LogP contribution in [-0.4, -0.2) is 74.6 Å². The van der Waals surface area contributed by atoms with E-state index in [2.05, 4.69) is 9.97 Å². The summed E-state index contributed by atoms with van der Waals surface area (Å²) in [6.07, 6.45) is -10.1. The number of nitrogens with zero attached hydrogens (tertiary/aromatic N) is 4. The fourth-order valence-electron chi connectivity index (χ4n) is 4.51. The summed E-state index contributed by atoms with van der Waals surface area (Å²) in [5.74, 6) is -3.66. The van der Waals surface area contributed by atoms with Crippen molar-refractivity contribution < 1.29 is 50.2 Å². The second kappa shape index (κ2) is 10.1. The van der Waals surface area contributed by atoms with E-state index in [4.69, 9.17) is 9.52 Å². The molecule has 1 saturated heterocycles. The number of aromatic nitrogens is 2. The van der Waals surface area contributed by atoms with E-state index < -0.39 is 73.8 Å². The van der Waals surface area contributed by atoms with Crippen molar-refractivity contribution in [3.05, 3.63) is 35.5 Å². The monoisotopic (exact) mass is 549 g/mol. The van der Waals surface area contributed by atoms with Crippen molar-refractivity contribution in [3.8, 4) is 11.4 Å². The van der Waals surface area contributed by atoms with Crippen LogP contribution in [0.3, 0.4) is 0 Å². The number of alkyl halides is 6. The van der Waals surface area contributed by atoms with Crippen molar-refractivity contribution in [2.45, 2.75) is 44.2 Å². The Kier molecular flexibility index (Phi) is 7.25. The first kappa shape index (κ1) is 27.2. The topological polar surface area (TPSA) is 129 Å². The maximum Gasteiger partial charge on any atom is 0.433 e. The summed E-state index contributed by atoms with van der Waals surface area (Å²) < 4.78 is 85.1. The minimum absolute atomic E-state index is 0.0476. The number of hydrogen-bond acceptors (Lipinski definition) is 6. The van der Waals surface area contributed by atoms with E-state index >= 15 is 0 Å². The van der Waals surface area contributed by atoms with Crippen LogP contribution in [0.2, 0.25) is 0 Å². The third kappa shape index (κ3) is 5.99. The number of fused-ring (bicyclic) bond motifs is 1. The van der Waals surface area contributed by atoms with Gasteiger partial charge < -0.3 is 24.6 Å². The Balaban J connectivity index is 1.51. The first-order valence-electron chi connectivity index (χ1n) is 11.3. The summed E-state index contributed by atoms with van der Waals surface area (Å²) in [4.78, 5) is 46.2. The molecule has 10 nitrogen and oxygen atoms in total. The predicted molar refractivity (Wildman–Crippen MR) is 114 cm³/mol. The van der Waals surface area contributed by atoms with Crippen LogP contribution >= 0.6 is 0 Å². The number of carbonyl (C=O) groups is 3. The third-order valence-corrected chi connectivity index (χ3v) is 6.33. The normalized spacial score (nSPS) is 18.9. The van der Waals surface area contributed by atoms with Crippen LogP contribution in [0.15, 0.2) is 23.0 Å². The molecular weight excluding hydrogens is 528 g/mol. The number of rotatable bonds is 6. The zero-order chi connectivity index (χ0) is 27.8. The van der Waals surface area contributed by atoms with E-state index in [0.717, 1.165) is 4.90 Å². The molecule has 0 aliphatic carbocycles. The summed E-state index contributed by atoms with van der Waals surface area (Å²) in [5.41, 5.74) is -1.16. The van der Waals surface area contributed by atoms with E-state index in [1.54, 1.807) is 0 Å². The average molecular weight is 549 g/mol. The van der Waals surface area contributed by atoms with Crippen LogP contribution in [0.1, 0.15) is 29.8 Å². The van der Waals surface area contributed by atoms with Gasteiger partial charge in [0.25, 0.3) is 0 Å². The molecular formula is C22H21F6N5O5. The molecule has 2 aliphatic heterocycles. The molecule has 0 radical (unpaired) electrons. The molecule has 206 valence electrons. The standard InChI is InChI=1S/C22H21F6N5O5/c23-21(24,25)12-5-16(34)33(7-12)8-13(29-20(36)37)6-17(35)32-3-1-14-15(9-32)30-19(11-2-4-38-10-11)31-18(14)22(26,27)28/h2,4,10,12-13,29H,1,3,5-9H2,(H,36,37)/t12?,13-/m0/s1. The SMILES string of the molecule is O=C(O)N[C@@H](CC(=O)N1CCc2c(nc(-c3ccoc3)nc2C(F)(F)F)C1)CN1CC(C(F)(F)F)CC1=O. The Morgan fingerprint density at radius 1 is 1.21 bits per heavy atom.